The topological polar surface area (TPSA) is 90.6 Å². The summed E-state index contributed by atoms with van der Waals surface area (Å²) in [6.07, 6.45) is 5.83. The van der Waals surface area contributed by atoms with Gasteiger partial charge in [0.2, 0.25) is 11.7 Å². The van der Waals surface area contributed by atoms with Gasteiger partial charge in [-0.3, -0.25) is 4.79 Å². The zero-order chi connectivity index (χ0) is 20.3. The first-order valence-electron chi connectivity index (χ1n) is 8.68. The number of ether oxygens (including phenoxy) is 1. The minimum atomic E-state index is -2.30. The van der Waals surface area contributed by atoms with Gasteiger partial charge in [-0.05, 0) is 58.9 Å². The summed E-state index contributed by atoms with van der Waals surface area (Å²) < 4.78 is 24.5. The van der Waals surface area contributed by atoms with Crippen LogP contribution in [-0.2, 0) is 16.8 Å². The first-order valence-corrected chi connectivity index (χ1v) is 12.6. The zero-order valence-corrected chi connectivity index (χ0v) is 18.7. The zero-order valence-electron chi connectivity index (χ0n) is 15.5. The normalized spacial score (nSPS) is 15.8. The third kappa shape index (κ3) is 4.49. The lowest BCUT2D eigenvalue weighted by molar-refractivity contribution is 0.103. The largest absolute Gasteiger partial charge is 0.399 e. The Hall–Kier alpha value is -1.65. The van der Waals surface area contributed by atoms with E-state index in [2.05, 4.69) is 25.4 Å². The smallest absolute Gasteiger partial charge is 0.373 e. The number of ketones is 1. The molecule has 150 valence electrons. The average molecular weight is 486 g/mol. The van der Waals surface area contributed by atoms with Crippen LogP contribution in [0.5, 0.6) is 5.88 Å². The van der Waals surface area contributed by atoms with Crippen LogP contribution in [-0.4, -0.2) is 42.8 Å². The standard InChI is InChI=1S/C18H20BrN3O4S2/c1-22-17(26-18(24)27-2)13(11-20-22)16(23)12-7-6-8-14(15(12)19)21-28(25)9-4-3-5-10-28/h6-8,11H,3-5,9-10H2,1-2H3. The molecular formula is C18H20BrN3O4S2. The third-order valence-electron chi connectivity index (χ3n) is 4.39. The molecule has 1 aromatic carbocycles. The molecule has 1 saturated heterocycles. The lowest BCUT2D eigenvalue weighted by Gasteiger charge is -2.16. The number of carbonyl (C=O) groups is 2. The van der Waals surface area contributed by atoms with Gasteiger partial charge in [-0.25, -0.2) is 13.7 Å². The van der Waals surface area contributed by atoms with Gasteiger partial charge >= 0.3 is 5.30 Å². The summed E-state index contributed by atoms with van der Waals surface area (Å²) >= 11 is 4.35. The number of aromatic nitrogens is 2. The molecule has 0 N–H and O–H groups in total. The molecule has 2 heterocycles. The highest BCUT2D eigenvalue weighted by molar-refractivity contribution is 9.10. The lowest BCUT2D eigenvalue weighted by atomic mass is 10.1. The van der Waals surface area contributed by atoms with Gasteiger partial charge in [0.25, 0.3) is 0 Å². The average Bonchev–Trinajstić information content (AvgIpc) is 3.03. The van der Waals surface area contributed by atoms with Crippen LogP contribution >= 0.6 is 27.7 Å². The molecule has 0 saturated carbocycles. The third-order valence-corrected chi connectivity index (χ3v) is 8.02. The number of hydrogen-bond acceptors (Lipinski definition) is 7. The van der Waals surface area contributed by atoms with Crippen molar-refractivity contribution in [1.29, 1.82) is 0 Å². The molecule has 10 heteroatoms. The van der Waals surface area contributed by atoms with Crippen LogP contribution < -0.4 is 4.74 Å². The maximum absolute atomic E-state index is 13.1. The van der Waals surface area contributed by atoms with Crippen LogP contribution in [0.15, 0.2) is 33.2 Å². The quantitative estimate of drug-likeness (QED) is 0.465. The summed E-state index contributed by atoms with van der Waals surface area (Å²) in [5, 5.41) is 3.50. The van der Waals surface area contributed by atoms with Gasteiger partial charge in [0.15, 0.2) is 0 Å². The Morgan fingerprint density at radius 3 is 2.64 bits per heavy atom. The van der Waals surface area contributed by atoms with Gasteiger partial charge in [-0.15, -0.1) is 0 Å². The summed E-state index contributed by atoms with van der Waals surface area (Å²) in [6.45, 7) is 0. The Kier molecular flexibility index (Phi) is 6.61. The van der Waals surface area contributed by atoms with Crippen molar-refractivity contribution in [3.8, 4) is 5.88 Å². The minimum Gasteiger partial charge on any atom is -0.399 e. The van der Waals surface area contributed by atoms with E-state index in [-0.39, 0.29) is 17.2 Å². The number of aryl methyl sites for hydroxylation is 1. The first kappa shape index (κ1) is 21.1. The fourth-order valence-corrected chi connectivity index (χ4v) is 5.96. The Morgan fingerprint density at radius 1 is 1.25 bits per heavy atom. The highest BCUT2D eigenvalue weighted by atomic mass is 79.9. The van der Waals surface area contributed by atoms with E-state index in [1.165, 1.54) is 10.9 Å². The van der Waals surface area contributed by atoms with Crippen LogP contribution in [0.25, 0.3) is 0 Å². The van der Waals surface area contributed by atoms with E-state index in [0.29, 0.717) is 27.2 Å². The second-order valence-electron chi connectivity index (χ2n) is 6.34. The van der Waals surface area contributed by atoms with Crippen molar-refractivity contribution in [2.45, 2.75) is 19.3 Å². The maximum atomic E-state index is 13.1. The van der Waals surface area contributed by atoms with Crippen LogP contribution in [0.2, 0.25) is 0 Å². The van der Waals surface area contributed by atoms with E-state index in [9.17, 15) is 13.8 Å². The monoisotopic (exact) mass is 485 g/mol. The molecule has 28 heavy (non-hydrogen) atoms. The lowest BCUT2D eigenvalue weighted by Crippen LogP contribution is -2.16. The van der Waals surface area contributed by atoms with E-state index in [4.69, 9.17) is 4.74 Å². The number of benzene rings is 1. The fourth-order valence-electron chi connectivity index (χ4n) is 2.94. The van der Waals surface area contributed by atoms with E-state index in [1.54, 1.807) is 31.5 Å². The number of halogens is 1. The summed E-state index contributed by atoms with van der Waals surface area (Å²) in [5.74, 6) is 0.876. The molecule has 1 fully saturated rings. The molecule has 2 aromatic rings. The van der Waals surface area contributed by atoms with Crippen molar-refractivity contribution in [3.05, 3.63) is 40.0 Å². The predicted octanol–water partition coefficient (Wildman–Crippen LogP) is 4.56. The van der Waals surface area contributed by atoms with Gasteiger partial charge < -0.3 is 4.74 Å². The molecular weight excluding hydrogens is 466 g/mol. The molecule has 7 nitrogen and oxygen atoms in total. The van der Waals surface area contributed by atoms with Gasteiger partial charge in [0.1, 0.15) is 5.56 Å². The Morgan fingerprint density at radius 2 is 1.96 bits per heavy atom. The van der Waals surface area contributed by atoms with E-state index in [0.717, 1.165) is 31.0 Å². The number of nitrogens with zero attached hydrogens (tertiary/aromatic N) is 3. The second kappa shape index (κ2) is 8.79. The number of thioether (sulfide) groups is 1. The van der Waals surface area contributed by atoms with Crippen molar-refractivity contribution in [2.24, 2.45) is 11.4 Å². The molecule has 0 spiro atoms. The van der Waals surface area contributed by atoms with E-state index >= 15 is 0 Å². The highest BCUT2D eigenvalue weighted by Gasteiger charge is 2.24. The molecule has 0 amide bonds. The van der Waals surface area contributed by atoms with Crippen molar-refractivity contribution in [1.82, 2.24) is 9.78 Å². The van der Waals surface area contributed by atoms with Crippen LogP contribution in [0.4, 0.5) is 10.5 Å². The number of rotatable bonds is 4. The van der Waals surface area contributed by atoms with Crippen LogP contribution in [0, 0.1) is 0 Å². The molecule has 0 radical (unpaired) electrons. The van der Waals surface area contributed by atoms with Gasteiger partial charge in [0.05, 0.1) is 26.1 Å². The number of hydrogen-bond donors (Lipinski definition) is 0. The summed E-state index contributed by atoms with van der Waals surface area (Å²) in [6, 6.07) is 5.08. The summed E-state index contributed by atoms with van der Waals surface area (Å²) in [4.78, 5) is 24.8. The van der Waals surface area contributed by atoms with Crippen molar-refractivity contribution in [3.63, 3.8) is 0 Å². The highest BCUT2D eigenvalue weighted by Crippen LogP contribution is 2.34. The molecule has 0 aliphatic carbocycles. The molecule has 3 rings (SSSR count). The summed E-state index contributed by atoms with van der Waals surface area (Å²) in [5.41, 5.74) is 1.00. The minimum absolute atomic E-state index is 0.0804. The first-order chi connectivity index (χ1) is 13.3. The van der Waals surface area contributed by atoms with Crippen molar-refractivity contribution < 1.29 is 18.5 Å². The summed E-state index contributed by atoms with van der Waals surface area (Å²) in [7, 11) is -0.710. The molecule has 1 aliphatic heterocycles. The van der Waals surface area contributed by atoms with Crippen molar-refractivity contribution in [2.75, 3.05) is 17.8 Å². The Balaban J connectivity index is 2.00. The molecule has 1 aliphatic rings. The molecule has 0 atom stereocenters. The van der Waals surface area contributed by atoms with Crippen LogP contribution in [0.3, 0.4) is 0 Å². The second-order valence-corrected chi connectivity index (χ2v) is 10.4. The van der Waals surface area contributed by atoms with Crippen molar-refractivity contribution >= 4 is 54.2 Å². The van der Waals surface area contributed by atoms with E-state index in [1.807, 2.05) is 0 Å². The van der Waals surface area contributed by atoms with Gasteiger partial charge in [-0.2, -0.15) is 9.46 Å². The molecule has 1 aromatic heterocycles. The molecule has 0 unspecified atom stereocenters. The number of carbonyl (C=O) groups excluding carboxylic acids is 2. The Bertz CT molecular complexity index is 1030. The Labute approximate surface area is 176 Å². The fraction of sp³-hybridized carbons (Fsp3) is 0.389. The van der Waals surface area contributed by atoms with E-state index < -0.39 is 15.0 Å². The molecule has 0 bridgehead atoms. The van der Waals surface area contributed by atoms with Gasteiger partial charge in [-0.1, -0.05) is 12.5 Å². The maximum Gasteiger partial charge on any atom is 0.373 e. The van der Waals surface area contributed by atoms with Crippen LogP contribution in [0.1, 0.15) is 35.2 Å². The predicted molar refractivity (Wildman–Crippen MR) is 114 cm³/mol. The van der Waals surface area contributed by atoms with Gasteiger partial charge in [0, 0.05) is 24.1 Å². The SMILES string of the molecule is CSC(=O)Oc1c(C(=O)c2cccc(N=S3(=O)CCCCC3)c2Br)cnn1C.